The zero-order valence-corrected chi connectivity index (χ0v) is 12.3. The summed E-state index contributed by atoms with van der Waals surface area (Å²) in [5.74, 6) is -0.205. The summed E-state index contributed by atoms with van der Waals surface area (Å²) in [6.07, 6.45) is 1.99. The fourth-order valence-electron chi connectivity index (χ4n) is 1.39. The Morgan fingerprint density at radius 1 is 1.40 bits per heavy atom. The Bertz CT molecular complexity index is 589. The van der Waals surface area contributed by atoms with Crippen molar-refractivity contribution in [2.75, 3.05) is 6.54 Å². The Morgan fingerprint density at radius 2 is 2.10 bits per heavy atom. The van der Waals surface area contributed by atoms with Crippen molar-refractivity contribution in [2.45, 2.75) is 37.6 Å². The van der Waals surface area contributed by atoms with Crippen molar-refractivity contribution in [3.63, 3.8) is 0 Å². The first-order valence-corrected chi connectivity index (χ1v) is 7.81. The van der Waals surface area contributed by atoms with Crippen molar-refractivity contribution in [1.29, 1.82) is 0 Å². The largest absolute Gasteiger partial charge is 0.354 e. The van der Waals surface area contributed by atoms with Gasteiger partial charge in [0.05, 0.1) is 4.90 Å². The van der Waals surface area contributed by atoms with Gasteiger partial charge in [-0.15, -0.1) is 0 Å². The molecule has 0 aromatic carbocycles. The van der Waals surface area contributed by atoms with Crippen LogP contribution in [0.25, 0.3) is 0 Å². The summed E-state index contributed by atoms with van der Waals surface area (Å²) in [5.41, 5.74) is -0.378. The summed E-state index contributed by atoms with van der Waals surface area (Å²) in [5, 5.41) is 2.74. The van der Waals surface area contributed by atoms with Gasteiger partial charge in [0.15, 0.2) is 0 Å². The standard InChI is InChI=1S/C12H19N3O4S/c1-3-9(2)15-12(17)6-7-14-20(18,19)10-4-5-11(16)13-8-10/h4-5,8-9,14H,3,6-7H2,1-2H3,(H,13,16)(H,15,17). The molecular formula is C12H19N3O4S. The van der Waals surface area contributed by atoms with Gasteiger partial charge in [0.2, 0.25) is 21.5 Å². The second-order valence-electron chi connectivity index (χ2n) is 4.41. The van der Waals surface area contributed by atoms with Crippen LogP contribution in [-0.4, -0.2) is 31.9 Å². The number of aromatic amines is 1. The Kier molecular flexibility index (Phi) is 5.90. The number of aromatic nitrogens is 1. The van der Waals surface area contributed by atoms with Crippen LogP contribution in [0.3, 0.4) is 0 Å². The van der Waals surface area contributed by atoms with E-state index in [0.29, 0.717) is 0 Å². The average Bonchev–Trinajstić information content (AvgIpc) is 2.38. The maximum Gasteiger partial charge on any atom is 0.247 e. The number of carbonyl (C=O) groups excluding carboxylic acids is 1. The predicted octanol–water partition coefficient (Wildman–Crippen LogP) is -0.0420. The number of hydrogen-bond donors (Lipinski definition) is 3. The van der Waals surface area contributed by atoms with E-state index in [1.54, 1.807) is 0 Å². The van der Waals surface area contributed by atoms with Gasteiger partial charge in [-0.2, -0.15) is 0 Å². The fraction of sp³-hybridized carbons (Fsp3) is 0.500. The van der Waals surface area contributed by atoms with Gasteiger partial charge in [0.25, 0.3) is 0 Å². The van der Waals surface area contributed by atoms with Crippen LogP contribution >= 0.6 is 0 Å². The number of hydrogen-bond acceptors (Lipinski definition) is 4. The molecule has 0 saturated heterocycles. The third-order valence-electron chi connectivity index (χ3n) is 2.73. The molecule has 0 aliphatic carbocycles. The summed E-state index contributed by atoms with van der Waals surface area (Å²) < 4.78 is 26.0. The molecule has 0 fully saturated rings. The fourth-order valence-corrected chi connectivity index (χ4v) is 2.39. The molecule has 0 aliphatic rings. The lowest BCUT2D eigenvalue weighted by atomic mass is 10.2. The number of amides is 1. The van der Waals surface area contributed by atoms with E-state index in [9.17, 15) is 18.0 Å². The molecule has 3 N–H and O–H groups in total. The number of nitrogens with one attached hydrogen (secondary N) is 3. The highest BCUT2D eigenvalue weighted by Crippen LogP contribution is 2.03. The summed E-state index contributed by atoms with van der Waals surface area (Å²) in [6, 6.07) is 2.41. The zero-order valence-electron chi connectivity index (χ0n) is 11.5. The van der Waals surface area contributed by atoms with E-state index < -0.39 is 10.0 Å². The van der Waals surface area contributed by atoms with Crippen molar-refractivity contribution in [2.24, 2.45) is 0 Å². The van der Waals surface area contributed by atoms with Gasteiger partial charge in [0, 0.05) is 31.3 Å². The third-order valence-corrected chi connectivity index (χ3v) is 4.19. The Morgan fingerprint density at radius 3 is 2.65 bits per heavy atom. The second kappa shape index (κ2) is 7.20. The molecule has 0 saturated carbocycles. The number of carbonyl (C=O) groups is 1. The highest BCUT2D eigenvalue weighted by Gasteiger charge is 2.14. The second-order valence-corrected chi connectivity index (χ2v) is 6.18. The molecule has 0 radical (unpaired) electrons. The zero-order chi connectivity index (χ0) is 15.2. The van der Waals surface area contributed by atoms with Crippen LogP contribution < -0.4 is 15.6 Å². The SMILES string of the molecule is CCC(C)NC(=O)CCNS(=O)(=O)c1ccc(=O)[nH]c1. The first-order valence-electron chi connectivity index (χ1n) is 6.33. The normalized spacial score (nSPS) is 12.9. The topological polar surface area (TPSA) is 108 Å². The highest BCUT2D eigenvalue weighted by atomic mass is 32.2. The highest BCUT2D eigenvalue weighted by molar-refractivity contribution is 7.89. The molecule has 0 spiro atoms. The molecule has 1 heterocycles. The lowest BCUT2D eigenvalue weighted by Gasteiger charge is -2.11. The van der Waals surface area contributed by atoms with E-state index in [2.05, 4.69) is 15.0 Å². The van der Waals surface area contributed by atoms with Gasteiger partial charge in [-0.25, -0.2) is 13.1 Å². The lowest BCUT2D eigenvalue weighted by molar-refractivity contribution is -0.121. The van der Waals surface area contributed by atoms with Crippen molar-refractivity contribution < 1.29 is 13.2 Å². The average molecular weight is 301 g/mol. The predicted molar refractivity (Wildman–Crippen MR) is 74.8 cm³/mol. The van der Waals surface area contributed by atoms with Gasteiger partial charge >= 0.3 is 0 Å². The van der Waals surface area contributed by atoms with Crippen LogP contribution in [0.5, 0.6) is 0 Å². The smallest absolute Gasteiger partial charge is 0.247 e. The minimum atomic E-state index is -3.71. The van der Waals surface area contributed by atoms with Gasteiger partial charge in [-0.05, 0) is 19.4 Å². The molecule has 112 valence electrons. The van der Waals surface area contributed by atoms with E-state index in [-0.39, 0.29) is 35.4 Å². The van der Waals surface area contributed by atoms with E-state index in [1.165, 1.54) is 6.07 Å². The molecule has 1 unspecified atom stereocenters. The van der Waals surface area contributed by atoms with E-state index in [4.69, 9.17) is 0 Å². The van der Waals surface area contributed by atoms with E-state index in [1.807, 2.05) is 13.8 Å². The quantitative estimate of drug-likeness (QED) is 0.656. The molecule has 20 heavy (non-hydrogen) atoms. The third kappa shape index (κ3) is 5.14. The monoisotopic (exact) mass is 301 g/mol. The number of sulfonamides is 1. The molecule has 0 aliphatic heterocycles. The molecule has 0 bridgehead atoms. The van der Waals surface area contributed by atoms with Crippen LogP contribution in [0, 0.1) is 0 Å². The summed E-state index contributed by atoms with van der Waals surface area (Å²) >= 11 is 0. The van der Waals surface area contributed by atoms with Crippen LogP contribution in [0.2, 0.25) is 0 Å². The number of rotatable bonds is 7. The molecule has 7 nitrogen and oxygen atoms in total. The molecule has 1 atom stereocenters. The van der Waals surface area contributed by atoms with Crippen LogP contribution in [0.1, 0.15) is 26.7 Å². The Balaban J connectivity index is 2.50. The van der Waals surface area contributed by atoms with E-state index in [0.717, 1.165) is 18.7 Å². The van der Waals surface area contributed by atoms with Crippen LogP contribution in [0.4, 0.5) is 0 Å². The minimum absolute atomic E-state index is 0.00370. The maximum atomic E-state index is 11.8. The summed E-state index contributed by atoms with van der Waals surface area (Å²) in [7, 11) is -3.71. The first-order chi connectivity index (χ1) is 9.35. The van der Waals surface area contributed by atoms with Crippen molar-refractivity contribution in [3.05, 3.63) is 28.7 Å². The Hall–Kier alpha value is -1.67. The molecule has 1 aromatic heterocycles. The molecule has 1 aromatic rings. The van der Waals surface area contributed by atoms with Crippen molar-refractivity contribution in [1.82, 2.24) is 15.0 Å². The summed E-state index contributed by atoms with van der Waals surface area (Å²) in [6.45, 7) is 3.83. The Labute approximate surface area is 117 Å². The number of H-pyrrole nitrogens is 1. The molecule has 1 rings (SSSR count). The van der Waals surface area contributed by atoms with Crippen LogP contribution in [-0.2, 0) is 14.8 Å². The minimum Gasteiger partial charge on any atom is -0.354 e. The van der Waals surface area contributed by atoms with Gasteiger partial charge in [-0.3, -0.25) is 9.59 Å². The lowest BCUT2D eigenvalue weighted by Crippen LogP contribution is -2.35. The van der Waals surface area contributed by atoms with Crippen molar-refractivity contribution in [3.8, 4) is 0 Å². The van der Waals surface area contributed by atoms with E-state index >= 15 is 0 Å². The molecular weight excluding hydrogens is 282 g/mol. The molecule has 8 heteroatoms. The van der Waals surface area contributed by atoms with Crippen LogP contribution in [0.15, 0.2) is 28.0 Å². The summed E-state index contributed by atoms with van der Waals surface area (Å²) in [4.78, 5) is 24.6. The van der Waals surface area contributed by atoms with Gasteiger partial charge in [0.1, 0.15) is 0 Å². The first kappa shape index (κ1) is 16.4. The number of pyridine rings is 1. The van der Waals surface area contributed by atoms with Gasteiger partial charge in [-0.1, -0.05) is 6.92 Å². The molecule has 1 amide bonds. The maximum absolute atomic E-state index is 11.8. The van der Waals surface area contributed by atoms with Crippen molar-refractivity contribution >= 4 is 15.9 Å². The van der Waals surface area contributed by atoms with Gasteiger partial charge < -0.3 is 10.3 Å².